The quantitative estimate of drug-likeness (QED) is 0.687. The van der Waals surface area contributed by atoms with Crippen LogP contribution in [0.5, 0.6) is 0 Å². The third kappa shape index (κ3) is 6.41. The molecule has 0 unspecified atom stereocenters. The van der Waals surface area contributed by atoms with Crippen LogP contribution in [0.15, 0.2) is 6.20 Å². The molecule has 17 heavy (non-hydrogen) atoms. The Morgan fingerprint density at radius 2 is 2.06 bits per heavy atom. The monoisotopic (exact) mass is 239 g/mol. The molecule has 0 radical (unpaired) electrons. The second kappa shape index (κ2) is 6.74. The molecule has 0 aromatic carbocycles. The molecule has 0 saturated carbocycles. The van der Waals surface area contributed by atoms with Gasteiger partial charge in [0.2, 0.25) is 0 Å². The van der Waals surface area contributed by atoms with Crippen molar-refractivity contribution in [3.8, 4) is 0 Å². The van der Waals surface area contributed by atoms with E-state index in [9.17, 15) is 0 Å². The number of rotatable bonds is 7. The van der Waals surface area contributed by atoms with Gasteiger partial charge >= 0.3 is 0 Å². The summed E-state index contributed by atoms with van der Waals surface area (Å²) < 4.78 is 7.46. The Labute approximate surface area is 104 Å². The summed E-state index contributed by atoms with van der Waals surface area (Å²) in [4.78, 5) is 0. The van der Waals surface area contributed by atoms with Crippen LogP contribution in [0, 0.1) is 5.41 Å². The van der Waals surface area contributed by atoms with Crippen LogP contribution in [-0.4, -0.2) is 28.2 Å². The Hall–Kier alpha value is -0.900. The van der Waals surface area contributed by atoms with E-state index in [4.69, 9.17) is 4.74 Å². The summed E-state index contributed by atoms with van der Waals surface area (Å²) in [6, 6.07) is 0. The lowest BCUT2D eigenvalue weighted by Crippen LogP contribution is -2.12. The summed E-state index contributed by atoms with van der Waals surface area (Å²) in [5.74, 6) is 0. The highest BCUT2D eigenvalue weighted by atomic mass is 16.5. The first-order chi connectivity index (χ1) is 8.01. The topological polar surface area (TPSA) is 39.9 Å². The second-order valence-corrected chi connectivity index (χ2v) is 5.65. The number of ether oxygens (including phenoxy) is 1. The van der Waals surface area contributed by atoms with Gasteiger partial charge < -0.3 is 4.74 Å². The average Bonchev–Trinajstić information content (AvgIpc) is 2.64. The minimum atomic E-state index is 0.349. The number of nitrogens with zero attached hydrogens (tertiary/aromatic N) is 3. The lowest BCUT2D eigenvalue weighted by atomic mass is 9.93. The molecule has 0 N–H and O–H groups in total. The zero-order valence-electron chi connectivity index (χ0n) is 11.6. The predicted octanol–water partition coefficient (Wildman–Crippen LogP) is 2.68. The van der Waals surface area contributed by atoms with E-state index in [0.29, 0.717) is 12.0 Å². The maximum atomic E-state index is 5.59. The third-order valence-electron chi connectivity index (χ3n) is 2.55. The predicted molar refractivity (Wildman–Crippen MR) is 68.9 cm³/mol. The van der Waals surface area contributed by atoms with Gasteiger partial charge in [-0.1, -0.05) is 39.3 Å². The number of hydrogen-bond donors (Lipinski definition) is 0. The Bertz CT molecular complexity index is 315. The normalized spacial score (nSPS) is 12.0. The molecule has 0 bridgehead atoms. The minimum Gasteiger partial charge on any atom is -0.380 e. The molecule has 0 aliphatic rings. The summed E-state index contributed by atoms with van der Waals surface area (Å²) in [5, 5.41) is 8.17. The van der Waals surface area contributed by atoms with E-state index in [2.05, 4.69) is 38.0 Å². The van der Waals surface area contributed by atoms with Crippen molar-refractivity contribution in [1.82, 2.24) is 15.0 Å². The average molecular weight is 239 g/mol. The Morgan fingerprint density at radius 1 is 1.29 bits per heavy atom. The van der Waals surface area contributed by atoms with Gasteiger partial charge in [0.05, 0.1) is 18.8 Å². The van der Waals surface area contributed by atoms with Gasteiger partial charge in [-0.15, -0.1) is 5.10 Å². The highest BCUT2D eigenvalue weighted by Gasteiger charge is 2.09. The molecule has 1 rings (SSSR count). The van der Waals surface area contributed by atoms with Crippen LogP contribution in [0.1, 0.15) is 46.2 Å². The molecule has 0 spiro atoms. The van der Waals surface area contributed by atoms with Crippen molar-refractivity contribution in [2.75, 3.05) is 13.2 Å². The SMILES string of the molecule is CCCc1cn(CCOCCC(C)(C)C)nn1. The van der Waals surface area contributed by atoms with Crippen molar-refractivity contribution in [3.05, 3.63) is 11.9 Å². The first-order valence-corrected chi connectivity index (χ1v) is 6.48. The van der Waals surface area contributed by atoms with Gasteiger partial charge in [-0.25, -0.2) is 4.68 Å². The third-order valence-corrected chi connectivity index (χ3v) is 2.55. The van der Waals surface area contributed by atoms with Crippen molar-refractivity contribution in [3.63, 3.8) is 0 Å². The minimum absolute atomic E-state index is 0.349. The summed E-state index contributed by atoms with van der Waals surface area (Å²) in [6.07, 6.45) is 5.22. The summed E-state index contributed by atoms with van der Waals surface area (Å²) in [6.45, 7) is 11.2. The van der Waals surface area contributed by atoms with E-state index in [1.54, 1.807) is 0 Å². The van der Waals surface area contributed by atoms with E-state index >= 15 is 0 Å². The molecular formula is C13H25N3O. The van der Waals surface area contributed by atoms with Gasteiger partial charge in [0.1, 0.15) is 0 Å². The molecule has 1 heterocycles. The van der Waals surface area contributed by atoms with Crippen LogP contribution in [0.3, 0.4) is 0 Å². The van der Waals surface area contributed by atoms with E-state index < -0.39 is 0 Å². The number of aromatic nitrogens is 3. The van der Waals surface area contributed by atoms with E-state index in [1.807, 2.05) is 10.9 Å². The second-order valence-electron chi connectivity index (χ2n) is 5.65. The largest absolute Gasteiger partial charge is 0.380 e. The maximum absolute atomic E-state index is 5.59. The molecule has 98 valence electrons. The van der Waals surface area contributed by atoms with Crippen LogP contribution in [0.2, 0.25) is 0 Å². The van der Waals surface area contributed by atoms with Crippen LogP contribution in [0.25, 0.3) is 0 Å². The van der Waals surface area contributed by atoms with Gasteiger partial charge in [-0.05, 0) is 18.3 Å². The van der Waals surface area contributed by atoms with Gasteiger partial charge in [0.15, 0.2) is 0 Å². The first kappa shape index (κ1) is 14.2. The molecule has 1 aromatic heterocycles. The maximum Gasteiger partial charge on any atom is 0.0827 e. The molecule has 0 amide bonds. The fourth-order valence-corrected chi connectivity index (χ4v) is 1.46. The van der Waals surface area contributed by atoms with Crippen LogP contribution < -0.4 is 0 Å². The van der Waals surface area contributed by atoms with Crippen molar-refractivity contribution >= 4 is 0 Å². The van der Waals surface area contributed by atoms with E-state index in [1.165, 1.54) is 0 Å². The number of aryl methyl sites for hydroxylation is 1. The molecular weight excluding hydrogens is 214 g/mol. The molecule has 0 aliphatic heterocycles. The van der Waals surface area contributed by atoms with Crippen molar-refractivity contribution in [2.24, 2.45) is 5.41 Å². The standard InChI is InChI=1S/C13H25N3O/c1-5-6-12-11-16(15-14-12)8-10-17-9-7-13(2,3)4/h11H,5-10H2,1-4H3. The van der Waals surface area contributed by atoms with Crippen LogP contribution >= 0.6 is 0 Å². The molecule has 4 heteroatoms. The molecule has 0 aliphatic carbocycles. The molecule has 4 nitrogen and oxygen atoms in total. The van der Waals surface area contributed by atoms with Crippen molar-refractivity contribution in [1.29, 1.82) is 0 Å². The summed E-state index contributed by atoms with van der Waals surface area (Å²) >= 11 is 0. The van der Waals surface area contributed by atoms with Crippen LogP contribution in [-0.2, 0) is 17.7 Å². The lowest BCUT2D eigenvalue weighted by Gasteiger charge is -2.17. The van der Waals surface area contributed by atoms with Gasteiger partial charge in [-0.3, -0.25) is 0 Å². The molecule has 0 atom stereocenters. The first-order valence-electron chi connectivity index (χ1n) is 6.48. The highest BCUT2D eigenvalue weighted by molar-refractivity contribution is 4.91. The Kier molecular flexibility index (Phi) is 5.62. The van der Waals surface area contributed by atoms with Gasteiger partial charge in [0.25, 0.3) is 0 Å². The fourth-order valence-electron chi connectivity index (χ4n) is 1.46. The molecule has 1 aromatic rings. The zero-order valence-corrected chi connectivity index (χ0v) is 11.6. The highest BCUT2D eigenvalue weighted by Crippen LogP contribution is 2.17. The van der Waals surface area contributed by atoms with E-state index in [0.717, 1.165) is 38.1 Å². The lowest BCUT2D eigenvalue weighted by molar-refractivity contribution is 0.0996. The molecule has 0 fully saturated rings. The van der Waals surface area contributed by atoms with Gasteiger partial charge in [-0.2, -0.15) is 0 Å². The Morgan fingerprint density at radius 3 is 2.71 bits per heavy atom. The molecule has 0 saturated heterocycles. The van der Waals surface area contributed by atoms with Gasteiger partial charge in [0, 0.05) is 12.8 Å². The fraction of sp³-hybridized carbons (Fsp3) is 0.846. The van der Waals surface area contributed by atoms with Crippen molar-refractivity contribution in [2.45, 2.75) is 53.5 Å². The summed E-state index contributed by atoms with van der Waals surface area (Å²) in [7, 11) is 0. The number of hydrogen-bond acceptors (Lipinski definition) is 3. The van der Waals surface area contributed by atoms with Crippen LogP contribution in [0.4, 0.5) is 0 Å². The summed E-state index contributed by atoms with van der Waals surface area (Å²) in [5.41, 5.74) is 1.42. The Balaban J connectivity index is 2.13. The smallest absolute Gasteiger partial charge is 0.0827 e. The van der Waals surface area contributed by atoms with E-state index in [-0.39, 0.29) is 0 Å². The zero-order chi connectivity index (χ0) is 12.7. The van der Waals surface area contributed by atoms with Crippen molar-refractivity contribution < 1.29 is 4.74 Å².